The smallest absolute Gasteiger partial charge is 0.0395 e. The number of nitrogens with zero attached hydrogens (tertiary/aromatic N) is 1. The maximum absolute atomic E-state index is 5.84. The quantitative estimate of drug-likeness (QED) is 0.773. The molecular weight excluding hydrogens is 245 g/mol. The zero-order chi connectivity index (χ0) is 9.97. The second-order valence-electron chi connectivity index (χ2n) is 3.09. The van der Waals surface area contributed by atoms with Gasteiger partial charge in [-0.2, -0.15) is 0 Å². The summed E-state index contributed by atoms with van der Waals surface area (Å²) in [7, 11) is 0. The van der Waals surface area contributed by atoms with E-state index in [-0.39, 0.29) is 24.8 Å². The SMILES string of the molecule is Cl.Cl.Nc1ccc(N)c(-c2cccnc2)c1. The molecule has 1 heterocycles. The second kappa shape index (κ2) is 6.20. The van der Waals surface area contributed by atoms with Crippen molar-refractivity contribution in [2.45, 2.75) is 0 Å². The van der Waals surface area contributed by atoms with Gasteiger partial charge in [-0.1, -0.05) is 6.07 Å². The van der Waals surface area contributed by atoms with Crippen molar-refractivity contribution >= 4 is 36.2 Å². The predicted octanol–water partition coefficient (Wildman–Crippen LogP) is 2.76. The lowest BCUT2D eigenvalue weighted by atomic mass is 10.1. The molecule has 0 aliphatic rings. The molecule has 0 fully saturated rings. The first-order chi connectivity index (χ1) is 6.77. The summed E-state index contributed by atoms with van der Waals surface area (Å²) < 4.78 is 0. The van der Waals surface area contributed by atoms with Crippen LogP contribution in [0.5, 0.6) is 0 Å². The fourth-order valence-electron chi connectivity index (χ4n) is 1.35. The molecule has 2 rings (SSSR count). The van der Waals surface area contributed by atoms with Crippen molar-refractivity contribution in [3.63, 3.8) is 0 Å². The lowest BCUT2D eigenvalue weighted by Gasteiger charge is -2.05. The Bertz CT molecular complexity index is 446. The van der Waals surface area contributed by atoms with Gasteiger partial charge in [0.25, 0.3) is 0 Å². The van der Waals surface area contributed by atoms with Crippen molar-refractivity contribution in [2.75, 3.05) is 11.5 Å². The normalized spacial score (nSPS) is 8.75. The lowest BCUT2D eigenvalue weighted by molar-refractivity contribution is 1.33. The second-order valence-corrected chi connectivity index (χ2v) is 3.09. The van der Waals surface area contributed by atoms with E-state index in [0.29, 0.717) is 11.4 Å². The van der Waals surface area contributed by atoms with Gasteiger partial charge < -0.3 is 11.5 Å². The standard InChI is InChI=1S/C11H11N3.2ClH/c12-9-3-4-11(13)10(6-9)8-2-1-5-14-7-8;;/h1-7H,12-13H2;2*1H. The Hall–Kier alpha value is -1.45. The number of nitrogen functional groups attached to an aromatic ring is 2. The number of nitrogens with two attached hydrogens (primary N) is 2. The number of halogens is 2. The van der Waals surface area contributed by atoms with Crippen molar-refractivity contribution in [3.8, 4) is 11.1 Å². The van der Waals surface area contributed by atoms with Crippen molar-refractivity contribution in [1.29, 1.82) is 0 Å². The van der Waals surface area contributed by atoms with Gasteiger partial charge in [0.1, 0.15) is 0 Å². The Labute approximate surface area is 107 Å². The van der Waals surface area contributed by atoms with Crippen LogP contribution in [0.3, 0.4) is 0 Å². The number of rotatable bonds is 1. The van der Waals surface area contributed by atoms with E-state index < -0.39 is 0 Å². The molecule has 0 unspecified atom stereocenters. The number of aromatic nitrogens is 1. The molecule has 0 aliphatic carbocycles. The molecule has 0 spiro atoms. The molecule has 1 aromatic carbocycles. The van der Waals surface area contributed by atoms with Gasteiger partial charge >= 0.3 is 0 Å². The third-order valence-electron chi connectivity index (χ3n) is 2.05. The minimum atomic E-state index is 0. The van der Waals surface area contributed by atoms with E-state index in [9.17, 15) is 0 Å². The Morgan fingerprint density at radius 2 is 1.75 bits per heavy atom. The van der Waals surface area contributed by atoms with Gasteiger partial charge in [-0.25, -0.2) is 0 Å². The van der Waals surface area contributed by atoms with E-state index in [0.717, 1.165) is 11.1 Å². The predicted molar refractivity (Wildman–Crippen MR) is 73.0 cm³/mol. The molecule has 86 valence electrons. The third-order valence-corrected chi connectivity index (χ3v) is 2.05. The van der Waals surface area contributed by atoms with E-state index in [1.165, 1.54) is 0 Å². The van der Waals surface area contributed by atoms with Crippen molar-refractivity contribution in [1.82, 2.24) is 4.98 Å². The highest BCUT2D eigenvalue weighted by Crippen LogP contribution is 2.26. The monoisotopic (exact) mass is 257 g/mol. The van der Waals surface area contributed by atoms with Crippen LogP contribution in [0.2, 0.25) is 0 Å². The largest absolute Gasteiger partial charge is 0.399 e. The van der Waals surface area contributed by atoms with Gasteiger partial charge in [-0.05, 0) is 24.3 Å². The van der Waals surface area contributed by atoms with E-state index in [1.54, 1.807) is 24.5 Å². The van der Waals surface area contributed by atoms with Gasteiger partial charge in [0.2, 0.25) is 0 Å². The van der Waals surface area contributed by atoms with Crippen LogP contribution < -0.4 is 11.5 Å². The molecule has 0 amide bonds. The Kier molecular flexibility index (Phi) is 5.64. The fourth-order valence-corrected chi connectivity index (χ4v) is 1.35. The highest BCUT2D eigenvalue weighted by Gasteiger charge is 2.01. The zero-order valence-electron chi connectivity index (χ0n) is 8.46. The van der Waals surface area contributed by atoms with Crippen LogP contribution in [0.25, 0.3) is 11.1 Å². The van der Waals surface area contributed by atoms with E-state index in [2.05, 4.69) is 4.98 Å². The summed E-state index contributed by atoms with van der Waals surface area (Å²) in [6, 6.07) is 9.27. The van der Waals surface area contributed by atoms with Crippen LogP contribution in [0, 0.1) is 0 Å². The van der Waals surface area contributed by atoms with Crippen molar-refractivity contribution < 1.29 is 0 Å². The van der Waals surface area contributed by atoms with Crippen LogP contribution >= 0.6 is 24.8 Å². The molecule has 2 aromatic rings. The summed E-state index contributed by atoms with van der Waals surface area (Å²) in [5, 5.41) is 0. The Balaban J connectivity index is 0.00000112. The minimum absolute atomic E-state index is 0. The first-order valence-corrected chi connectivity index (χ1v) is 4.33. The number of benzene rings is 1. The van der Waals surface area contributed by atoms with Gasteiger partial charge in [-0.15, -0.1) is 24.8 Å². The van der Waals surface area contributed by atoms with Crippen LogP contribution in [-0.2, 0) is 0 Å². The van der Waals surface area contributed by atoms with Gasteiger partial charge in [0.05, 0.1) is 0 Å². The van der Waals surface area contributed by atoms with Crippen LogP contribution in [0.1, 0.15) is 0 Å². The van der Waals surface area contributed by atoms with Gasteiger partial charge in [-0.3, -0.25) is 4.98 Å². The summed E-state index contributed by atoms with van der Waals surface area (Å²) in [5.41, 5.74) is 14.9. The summed E-state index contributed by atoms with van der Waals surface area (Å²) in [5.74, 6) is 0. The molecule has 0 saturated heterocycles. The molecule has 4 N–H and O–H groups in total. The summed E-state index contributed by atoms with van der Waals surface area (Å²) in [6.07, 6.45) is 3.50. The van der Waals surface area contributed by atoms with Crippen LogP contribution in [0.4, 0.5) is 11.4 Å². The Morgan fingerprint density at radius 3 is 2.38 bits per heavy atom. The van der Waals surface area contributed by atoms with Crippen LogP contribution in [0.15, 0.2) is 42.7 Å². The highest BCUT2D eigenvalue weighted by molar-refractivity contribution is 5.85. The molecule has 3 nitrogen and oxygen atoms in total. The molecule has 0 saturated carbocycles. The summed E-state index contributed by atoms with van der Waals surface area (Å²) in [4.78, 5) is 4.04. The maximum atomic E-state index is 5.84. The molecule has 0 atom stereocenters. The summed E-state index contributed by atoms with van der Waals surface area (Å²) >= 11 is 0. The summed E-state index contributed by atoms with van der Waals surface area (Å²) in [6.45, 7) is 0. The molecule has 1 aromatic heterocycles. The zero-order valence-corrected chi connectivity index (χ0v) is 10.1. The van der Waals surface area contributed by atoms with Crippen molar-refractivity contribution in [3.05, 3.63) is 42.7 Å². The van der Waals surface area contributed by atoms with Gasteiger partial charge in [0, 0.05) is 34.9 Å². The number of anilines is 2. The molecule has 0 radical (unpaired) electrons. The van der Waals surface area contributed by atoms with E-state index >= 15 is 0 Å². The average molecular weight is 258 g/mol. The molecular formula is C11H13Cl2N3. The first kappa shape index (κ1) is 14.6. The third kappa shape index (κ3) is 3.02. The molecule has 0 bridgehead atoms. The number of pyridine rings is 1. The van der Waals surface area contributed by atoms with Crippen LogP contribution in [-0.4, -0.2) is 4.98 Å². The number of hydrogen-bond acceptors (Lipinski definition) is 3. The van der Waals surface area contributed by atoms with Crippen molar-refractivity contribution in [2.24, 2.45) is 0 Å². The van der Waals surface area contributed by atoms with E-state index in [1.807, 2.05) is 18.2 Å². The fraction of sp³-hybridized carbons (Fsp3) is 0. The molecule has 16 heavy (non-hydrogen) atoms. The highest BCUT2D eigenvalue weighted by atomic mass is 35.5. The van der Waals surface area contributed by atoms with E-state index in [4.69, 9.17) is 11.5 Å². The Morgan fingerprint density at radius 1 is 1.00 bits per heavy atom. The number of hydrogen-bond donors (Lipinski definition) is 2. The average Bonchev–Trinajstić information content (AvgIpc) is 2.23. The first-order valence-electron chi connectivity index (χ1n) is 4.33. The maximum Gasteiger partial charge on any atom is 0.0395 e. The lowest BCUT2D eigenvalue weighted by Crippen LogP contribution is -1.92. The minimum Gasteiger partial charge on any atom is -0.399 e. The molecule has 5 heteroatoms. The van der Waals surface area contributed by atoms with Gasteiger partial charge in [0.15, 0.2) is 0 Å². The topological polar surface area (TPSA) is 64.9 Å². The molecule has 0 aliphatic heterocycles.